The number of H-pyrrole nitrogens is 1. The second kappa shape index (κ2) is 7.91. The Morgan fingerprint density at radius 2 is 2.00 bits per heavy atom. The van der Waals surface area contributed by atoms with E-state index >= 15 is 0 Å². The number of carbonyl (C=O) groups is 1. The molecule has 6 heteroatoms. The van der Waals surface area contributed by atoms with Crippen LogP contribution in [0.1, 0.15) is 34.1 Å². The van der Waals surface area contributed by atoms with Crippen LogP contribution < -0.4 is 10.3 Å². The van der Waals surface area contributed by atoms with Crippen LogP contribution in [0.25, 0.3) is 11.4 Å². The maximum absolute atomic E-state index is 12.9. The molecule has 0 saturated carbocycles. The van der Waals surface area contributed by atoms with Gasteiger partial charge in [-0.15, -0.1) is 0 Å². The SMILES string of the molecule is CCc1ccc(-c2nc3c(c(=O)[nH]2)CN(C(=O)c2cccc(OC)c2)CC3)cc1. The standard InChI is InChI=1S/C23H23N3O3/c1-3-15-7-9-16(10-8-15)21-24-20-11-12-26(14-19(20)22(27)25-21)23(28)17-5-4-6-18(13-17)29-2/h4-10,13H,3,11-12,14H2,1-2H3,(H,24,25,27). The zero-order valence-electron chi connectivity index (χ0n) is 16.6. The molecule has 148 valence electrons. The summed E-state index contributed by atoms with van der Waals surface area (Å²) in [5.41, 5.74) is 3.80. The molecule has 0 fully saturated rings. The highest BCUT2D eigenvalue weighted by molar-refractivity contribution is 5.94. The lowest BCUT2D eigenvalue weighted by Gasteiger charge is -2.28. The van der Waals surface area contributed by atoms with Gasteiger partial charge in [0, 0.05) is 24.1 Å². The van der Waals surface area contributed by atoms with E-state index in [1.807, 2.05) is 24.3 Å². The molecule has 3 aromatic rings. The number of hydrogen-bond acceptors (Lipinski definition) is 4. The molecule has 0 saturated heterocycles. The number of hydrogen-bond donors (Lipinski definition) is 1. The Hall–Kier alpha value is -3.41. The molecule has 0 aliphatic carbocycles. The van der Waals surface area contributed by atoms with E-state index in [0.717, 1.165) is 17.7 Å². The number of aromatic nitrogens is 2. The number of rotatable bonds is 4. The van der Waals surface area contributed by atoms with E-state index in [-0.39, 0.29) is 18.0 Å². The van der Waals surface area contributed by atoms with Crippen molar-refractivity contribution in [2.24, 2.45) is 0 Å². The molecular weight excluding hydrogens is 366 g/mol. The fourth-order valence-electron chi connectivity index (χ4n) is 3.57. The number of aryl methyl sites for hydroxylation is 1. The van der Waals surface area contributed by atoms with Gasteiger partial charge in [0.25, 0.3) is 11.5 Å². The third kappa shape index (κ3) is 3.78. The Kier molecular flexibility index (Phi) is 5.16. The van der Waals surface area contributed by atoms with Gasteiger partial charge >= 0.3 is 0 Å². The van der Waals surface area contributed by atoms with Gasteiger partial charge in [0.1, 0.15) is 11.6 Å². The lowest BCUT2D eigenvalue weighted by atomic mass is 10.0. The third-order valence-corrected chi connectivity index (χ3v) is 5.31. The number of methoxy groups -OCH3 is 1. The molecular formula is C23H23N3O3. The Labute approximate surface area is 169 Å². The van der Waals surface area contributed by atoms with E-state index in [1.165, 1.54) is 5.56 Å². The molecule has 1 aliphatic rings. The van der Waals surface area contributed by atoms with Gasteiger partial charge in [0.05, 0.1) is 24.9 Å². The number of nitrogens with one attached hydrogen (secondary N) is 1. The van der Waals surface area contributed by atoms with E-state index < -0.39 is 0 Å². The molecule has 1 N–H and O–H groups in total. The van der Waals surface area contributed by atoms with Crippen molar-refractivity contribution in [1.29, 1.82) is 0 Å². The van der Waals surface area contributed by atoms with Crippen molar-refractivity contribution >= 4 is 5.91 Å². The Morgan fingerprint density at radius 1 is 1.21 bits per heavy atom. The molecule has 6 nitrogen and oxygen atoms in total. The highest BCUT2D eigenvalue weighted by Gasteiger charge is 2.25. The van der Waals surface area contributed by atoms with Gasteiger partial charge in [-0.2, -0.15) is 0 Å². The van der Waals surface area contributed by atoms with Crippen LogP contribution in [0.5, 0.6) is 5.75 Å². The van der Waals surface area contributed by atoms with Crippen molar-refractivity contribution < 1.29 is 9.53 Å². The largest absolute Gasteiger partial charge is 0.497 e. The monoisotopic (exact) mass is 389 g/mol. The minimum absolute atomic E-state index is 0.117. The molecule has 1 aliphatic heterocycles. The van der Waals surface area contributed by atoms with Gasteiger partial charge in [0.2, 0.25) is 0 Å². The average molecular weight is 389 g/mol. The van der Waals surface area contributed by atoms with Gasteiger partial charge in [-0.1, -0.05) is 37.3 Å². The van der Waals surface area contributed by atoms with Crippen molar-refractivity contribution in [3.8, 4) is 17.1 Å². The summed E-state index contributed by atoms with van der Waals surface area (Å²) in [5, 5.41) is 0. The molecule has 0 unspecified atom stereocenters. The summed E-state index contributed by atoms with van der Waals surface area (Å²) in [7, 11) is 1.57. The van der Waals surface area contributed by atoms with Crippen molar-refractivity contribution in [3.05, 3.63) is 81.3 Å². The van der Waals surface area contributed by atoms with Crippen molar-refractivity contribution in [2.45, 2.75) is 26.3 Å². The smallest absolute Gasteiger partial charge is 0.256 e. The first-order valence-electron chi connectivity index (χ1n) is 9.73. The zero-order chi connectivity index (χ0) is 20.4. The average Bonchev–Trinajstić information content (AvgIpc) is 2.78. The summed E-state index contributed by atoms with van der Waals surface area (Å²) in [6.07, 6.45) is 1.51. The molecule has 2 aromatic carbocycles. The number of aromatic amines is 1. The quantitative estimate of drug-likeness (QED) is 0.744. The van der Waals surface area contributed by atoms with Crippen LogP contribution in [0.15, 0.2) is 53.3 Å². The first-order chi connectivity index (χ1) is 14.1. The van der Waals surface area contributed by atoms with Crippen LogP contribution in [-0.2, 0) is 19.4 Å². The van der Waals surface area contributed by atoms with Crippen molar-refractivity contribution in [1.82, 2.24) is 14.9 Å². The first kappa shape index (κ1) is 18.9. The molecule has 0 atom stereocenters. The molecule has 0 bridgehead atoms. The molecule has 29 heavy (non-hydrogen) atoms. The highest BCUT2D eigenvalue weighted by Crippen LogP contribution is 2.21. The van der Waals surface area contributed by atoms with Crippen LogP contribution in [0.3, 0.4) is 0 Å². The van der Waals surface area contributed by atoms with Gasteiger partial charge < -0.3 is 14.6 Å². The van der Waals surface area contributed by atoms with E-state index in [1.54, 1.807) is 36.3 Å². The minimum atomic E-state index is -0.187. The van der Waals surface area contributed by atoms with E-state index in [4.69, 9.17) is 4.74 Å². The van der Waals surface area contributed by atoms with Crippen LogP contribution in [-0.4, -0.2) is 34.4 Å². The maximum Gasteiger partial charge on any atom is 0.256 e. The second-order valence-electron chi connectivity index (χ2n) is 7.10. The fraction of sp³-hybridized carbons (Fsp3) is 0.261. The Balaban J connectivity index is 1.59. The number of benzene rings is 2. The van der Waals surface area contributed by atoms with Gasteiger partial charge in [0.15, 0.2) is 0 Å². The van der Waals surface area contributed by atoms with E-state index in [2.05, 4.69) is 16.9 Å². The number of fused-ring (bicyclic) bond motifs is 1. The van der Waals surface area contributed by atoms with Gasteiger partial charge in [-0.05, 0) is 30.2 Å². The number of ether oxygens (including phenoxy) is 1. The van der Waals surface area contributed by atoms with Crippen LogP contribution in [0.2, 0.25) is 0 Å². The summed E-state index contributed by atoms with van der Waals surface area (Å²) in [6, 6.07) is 15.1. The van der Waals surface area contributed by atoms with Crippen molar-refractivity contribution in [2.75, 3.05) is 13.7 Å². The van der Waals surface area contributed by atoms with Crippen molar-refractivity contribution in [3.63, 3.8) is 0 Å². The van der Waals surface area contributed by atoms with Crippen LogP contribution in [0.4, 0.5) is 0 Å². The van der Waals surface area contributed by atoms with E-state index in [0.29, 0.717) is 35.7 Å². The molecule has 2 heterocycles. The number of nitrogens with zero attached hydrogens (tertiary/aromatic N) is 2. The fourth-order valence-corrected chi connectivity index (χ4v) is 3.57. The molecule has 0 radical (unpaired) electrons. The topological polar surface area (TPSA) is 75.3 Å². The highest BCUT2D eigenvalue weighted by atomic mass is 16.5. The predicted molar refractivity (Wildman–Crippen MR) is 111 cm³/mol. The number of amides is 1. The molecule has 0 spiro atoms. The number of carbonyl (C=O) groups excluding carboxylic acids is 1. The summed E-state index contributed by atoms with van der Waals surface area (Å²) in [4.78, 5) is 34.9. The lowest BCUT2D eigenvalue weighted by molar-refractivity contribution is 0.0732. The summed E-state index contributed by atoms with van der Waals surface area (Å²) >= 11 is 0. The zero-order valence-corrected chi connectivity index (χ0v) is 16.6. The van der Waals surface area contributed by atoms with Crippen LogP contribution >= 0.6 is 0 Å². The summed E-state index contributed by atoms with van der Waals surface area (Å²) in [5.74, 6) is 1.09. The normalized spacial score (nSPS) is 13.1. The molecule has 1 amide bonds. The summed E-state index contributed by atoms with van der Waals surface area (Å²) < 4.78 is 5.20. The molecule has 4 rings (SSSR count). The Bertz CT molecular complexity index is 1100. The Morgan fingerprint density at radius 3 is 2.72 bits per heavy atom. The van der Waals surface area contributed by atoms with Crippen LogP contribution in [0, 0.1) is 0 Å². The van der Waals surface area contributed by atoms with Gasteiger partial charge in [-0.3, -0.25) is 9.59 Å². The second-order valence-corrected chi connectivity index (χ2v) is 7.10. The third-order valence-electron chi connectivity index (χ3n) is 5.31. The summed E-state index contributed by atoms with van der Waals surface area (Å²) in [6.45, 7) is 2.88. The van der Waals surface area contributed by atoms with E-state index in [9.17, 15) is 9.59 Å². The molecule has 1 aromatic heterocycles. The maximum atomic E-state index is 12.9. The lowest BCUT2D eigenvalue weighted by Crippen LogP contribution is -2.39. The first-order valence-corrected chi connectivity index (χ1v) is 9.73. The predicted octanol–water partition coefficient (Wildman–Crippen LogP) is 3.21. The van der Waals surface area contributed by atoms with Gasteiger partial charge in [-0.25, -0.2) is 4.98 Å². The minimum Gasteiger partial charge on any atom is -0.497 e.